The molecule has 0 saturated carbocycles. The summed E-state index contributed by atoms with van der Waals surface area (Å²) < 4.78 is 1.81. The second-order valence-electron chi connectivity index (χ2n) is 4.61. The fourth-order valence-electron chi connectivity index (χ4n) is 2.01. The van der Waals surface area contributed by atoms with E-state index in [9.17, 15) is 4.79 Å². The van der Waals surface area contributed by atoms with Gasteiger partial charge in [0.15, 0.2) is 0 Å². The van der Waals surface area contributed by atoms with Crippen LogP contribution in [-0.2, 0) is 11.3 Å². The molecule has 0 radical (unpaired) electrons. The third kappa shape index (κ3) is 3.00. The number of hydrogen-bond donors (Lipinski definition) is 1. The van der Waals surface area contributed by atoms with E-state index in [0.717, 1.165) is 22.3 Å². The molecule has 1 aromatic carbocycles. The topological polar surface area (TPSA) is 59.3 Å². The minimum absolute atomic E-state index is 0.173. The van der Waals surface area contributed by atoms with Crippen molar-refractivity contribution >= 4 is 34.0 Å². The van der Waals surface area contributed by atoms with E-state index in [1.807, 2.05) is 48.0 Å². The highest BCUT2D eigenvalue weighted by Crippen LogP contribution is 2.11. The van der Waals surface area contributed by atoms with Gasteiger partial charge in [0.2, 0.25) is 0 Å². The molecule has 3 aromatic rings. The maximum atomic E-state index is 12.0. The number of carbonyl (C=O) groups is 1. The van der Waals surface area contributed by atoms with Crippen LogP contribution in [0.4, 0.5) is 0 Å². The summed E-state index contributed by atoms with van der Waals surface area (Å²) in [6, 6.07) is 9.68. The molecule has 5 nitrogen and oxygen atoms in total. The molecular formula is C15H14N4OS. The summed E-state index contributed by atoms with van der Waals surface area (Å²) in [6.07, 6.45) is 1.67. The Morgan fingerprint density at radius 1 is 1.38 bits per heavy atom. The Labute approximate surface area is 125 Å². The van der Waals surface area contributed by atoms with E-state index < -0.39 is 0 Å². The molecule has 106 valence electrons. The maximum Gasteiger partial charge on any atom is 0.260 e. The smallest absolute Gasteiger partial charge is 0.260 e. The molecule has 1 N–H and O–H groups in total. The first-order valence-electron chi connectivity index (χ1n) is 6.49. The van der Waals surface area contributed by atoms with Gasteiger partial charge in [-0.15, -0.1) is 0 Å². The zero-order valence-corrected chi connectivity index (χ0v) is 12.3. The Morgan fingerprint density at radius 3 is 3.05 bits per heavy atom. The fourth-order valence-corrected chi connectivity index (χ4v) is 2.71. The van der Waals surface area contributed by atoms with Gasteiger partial charge >= 0.3 is 0 Å². The van der Waals surface area contributed by atoms with Crippen LogP contribution in [0.2, 0.25) is 0 Å². The molecule has 0 aliphatic carbocycles. The first kappa shape index (κ1) is 13.5. The number of rotatable bonds is 4. The van der Waals surface area contributed by atoms with Crippen molar-refractivity contribution in [3.8, 4) is 0 Å². The summed E-state index contributed by atoms with van der Waals surface area (Å²) in [5.74, 6) is -0.173. The molecular weight excluding hydrogens is 284 g/mol. The molecule has 3 rings (SSSR count). The Hall–Kier alpha value is -2.47. The minimum Gasteiger partial charge on any atom is -0.321 e. The molecule has 0 fully saturated rings. The van der Waals surface area contributed by atoms with Gasteiger partial charge in [-0.2, -0.15) is 16.4 Å². The lowest BCUT2D eigenvalue weighted by molar-refractivity contribution is -0.121. The highest BCUT2D eigenvalue weighted by Gasteiger charge is 2.06. The largest absolute Gasteiger partial charge is 0.321 e. The summed E-state index contributed by atoms with van der Waals surface area (Å²) in [5, 5.41) is 8.09. The van der Waals surface area contributed by atoms with E-state index in [-0.39, 0.29) is 12.5 Å². The molecule has 2 aromatic heterocycles. The van der Waals surface area contributed by atoms with Crippen LogP contribution in [-0.4, -0.2) is 21.2 Å². The van der Waals surface area contributed by atoms with Gasteiger partial charge < -0.3 is 4.57 Å². The van der Waals surface area contributed by atoms with Crippen molar-refractivity contribution in [2.45, 2.75) is 13.5 Å². The Kier molecular flexibility index (Phi) is 3.79. The molecule has 0 aliphatic rings. The molecule has 21 heavy (non-hydrogen) atoms. The zero-order chi connectivity index (χ0) is 14.7. The number of nitrogens with zero attached hydrogens (tertiary/aromatic N) is 3. The van der Waals surface area contributed by atoms with Crippen molar-refractivity contribution in [3.63, 3.8) is 0 Å². The number of thiophene rings is 1. The second-order valence-corrected chi connectivity index (χ2v) is 5.39. The number of para-hydroxylation sites is 2. The minimum atomic E-state index is -0.173. The fraction of sp³-hybridized carbons (Fsp3) is 0.133. The van der Waals surface area contributed by atoms with E-state index in [4.69, 9.17) is 0 Å². The van der Waals surface area contributed by atoms with Gasteiger partial charge in [0.25, 0.3) is 5.91 Å². The van der Waals surface area contributed by atoms with Crippen molar-refractivity contribution in [1.29, 1.82) is 0 Å². The lowest BCUT2D eigenvalue weighted by Gasteiger charge is -2.04. The van der Waals surface area contributed by atoms with Crippen LogP contribution in [0.15, 0.2) is 52.5 Å². The molecule has 0 unspecified atom stereocenters. The van der Waals surface area contributed by atoms with Crippen LogP contribution in [0.25, 0.3) is 11.0 Å². The summed E-state index contributed by atoms with van der Waals surface area (Å²) in [6.45, 7) is 2.07. The molecule has 0 aliphatic heterocycles. The van der Waals surface area contributed by atoms with Crippen molar-refractivity contribution in [1.82, 2.24) is 15.0 Å². The number of hydrazone groups is 1. The molecule has 2 heterocycles. The Bertz CT molecular complexity index is 789. The van der Waals surface area contributed by atoms with E-state index in [1.165, 1.54) is 0 Å². The lowest BCUT2D eigenvalue weighted by atomic mass is 10.2. The van der Waals surface area contributed by atoms with Crippen molar-refractivity contribution in [3.05, 3.63) is 53.0 Å². The normalized spacial score (nSPS) is 11.8. The summed E-state index contributed by atoms with van der Waals surface area (Å²) in [5.41, 5.74) is 6.21. The molecule has 0 spiro atoms. The van der Waals surface area contributed by atoms with E-state index >= 15 is 0 Å². The molecule has 6 heteroatoms. The van der Waals surface area contributed by atoms with Crippen LogP contribution < -0.4 is 5.43 Å². The molecule has 0 bridgehead atoms. The van der Waals surface area contributed by atoms with Gasteiger partial charge in [-0.05, 0) is 35.9 Å². The number of carbonyl (C=O) groups excluding carboxylic acids is 1. The number of hydrogen-bond acceptors (Lipinski definition) is 4. The first-order valence-corrected chi connectivity index (χ1v) is 7.44. The highest BCUT2D eigenvalue weighted by atomic mass is 32.1. The third-order valence-corrected chi connectivity index (χ3v) is 3.81. The van der Waals surface area contributed by atoms with Crippen molar-refractivity contribution in [2.24, 2.45) is 5.10 Å². The number of imidazole rings is 1. The van der Waals surface area contributed by atoms with Gasteiger partial charge in [0, 0.05) is 5.56 Å². The standard InChI is InChI=1S/C15H14N4OS/c1-11(12-6-7-21-9-12)17-18-15(20)8-19-10-16-13-4-2-3-5-14(13)19/h2-7,9-10H,8H2,1H3,(H,18,20). The van der Waals surface area contributed by atoms with E-state index in [1.54, 1.807) is 22.2 Å². The second kappa shape index (κ2) is 5.88. The highest BCUT2D eigenvalue weighted by molar-refractivity contribution is 7.08. The average Bonchev–Trinajstić information content (AvgIpc) is 3.15. The third-order valence-electron chi connectivity index (χ3n) is 3.13. The van der Waals surface area contributed by atoms with Gasteiger partial charge in [-0.25, -0.2) is 10.4 Å². The van der Waals surface area contributed by atoms with Crippen LogP contribution in [0.3, 0.4) is 0 Å². The number of amides is 1. The zero-order valence-electron chi connectivity index (χ0n) is 11.5. The monoisotopic (exact) mass is 298 g/mol. The molecule has 0 atom stereocenters. The van der Waals surface area contributed by atoms with Crippen molar-refractivity contribution in [2.75, 3.05) is 0 Å². The van der Waals surface area contributed by atoms with Crippen LogP contribution in [0.5, 0.6) is 0 Å². The molecule has 1 amide bonds. The quantitative estimate of drug-likeness (QED) is 0.594. The van der Waals surface area contributed by atoms with E-state index in [2.05, 4.69) is 15.5 Å². The lowest BCUT2D eigenvalue weighted by Crippen LogP contribution is -2.23. The number of nitrogens with one attached hydrogen (secondary N) is 1. The number of fused-ring (bicyclic) bond motifs is 1. The van der Waals surface area contributed by atoms with E-state index in [0.29, 0.717) is 0 Å². The van der Waals surface area contributed by atoms with Gasteiger partial charge in [0.1, 0.15) is 6.54 Å². The van der Waals surface area contributed by atoms with Gasteiger partial charge in [-0.1, -0.05) is 12.1 Å². The predicted octanol–water partition coefficient (Wildman–Crippen LogP) is 2.64. The number of benzene rings is 1. The first-order chi connectivity index (χ1) is 10.2. The predicted molar refractivity (Wildman–Crippen MR) is 84.4 cm³/mol. The van der Waals surface area contributed by atoms with Gasteiger partial charge in [-0.3, -0.25) is 4.79 Å². The number of aromatic nitrogens is 2. The summed E-state index contributed by atoms with van der Waals surface area (Å²) in [7, 11) is 0. The van der Waals surface area contributed by atoms with Crippen LogP contribution in [0, 0.1) is 0 Å². The van der Waals surface area contributed by atoms with Crippen LogP contribution >= 0.6 is 11.3 Å². The maximum absolute atomic E-state index is 12.0. The summed E-state index contributed by atoms with van der Waals surface area (Å²) >= 11 is 1.60. The average molecular weight is 298 g/mol. The summed E-state index contributed by atoms with van der Waals surface area (Å²) in [4.78, 5) is 16.2. The van der Waals surface area contributed by atoms with Gasteiger partial charge in [0.05, 0.1) is 23.1 Å². The SMILES string of the molecule is CC(=NNC(=O)Cn1cnc2ccccc21)c1ccsc1. The Morgan fingerprint density at radius 2 is 2.24 bits per heavy atom. The van der Waals surface area contributed by atoms with Crippen LogP contribution in [0.1, 0.15) is 12.5 Å². The van der Waals surface area contributed by atoms with Crippen molar-refractivity contribution < 1.29 is 4.79 Å². The molecule has 0 saturated heterocycles. The Balaban J connectivity index is 1.68.